The first kappa shape index (κ1) is 15.3. The average Bonchev–Trinajstić information content (AvgIpc) is 2.52. The van der Waals surface area contributed by atoms with Crippen LogP contribution in [0.2, 0.25) is 0 Å². The summed E-state index contributed by atoms with van der Waals surface area (Å²) in [5.41, 5.74) is 1.90. The molecule has 0 atom stereocenters. The van der Waals surface area contributed by atoms with Crippen LogP contribution in [0.1, 0.15) is 17.5 Å². The van der Waals surface area contributed by atoms with Crippen LogP contribution in [0, 0.1) is 10.1 Å². The van der Waals surface area contributed by atoms with Crippen molar-refractivity contribution in [2.24, 2.45) is 0 Å². The lowest BCUT2D eigenvalue weighted by Gasteiger charge is -2.07. The fourth-order valence-corrected chi connectivity index (χ4v) is 2.18. The van der Waals surface area contributed by atoms with Gasteiger partial charge in [0.15, 0.2) is 5.75 Å². The van der Waals surface area contributed by atoms with Gasteiger partial charge in [-0.05, 0) is 30.0 Å². The third-order valence-electron chi connectivity index (χ3n) is 3.08. The largest absolute Gasteiger partial charge is 0.487 e. The molecule has 0 amide bonds. The quantitative estimate of drug-likeness (QED) is 0.331. The van der Waals surface area contributed by atoms with E-state index in [1.165, 1.54) is 11.6 Å². The van der Waals surface area contributed by atoms with Crippen molar-refractivity contribution < 1.29 is 9.66 Å². The predicted octanol–water partition coefficient (Wildman–Crippen LogP) is 4.35. The lowest BCUT2D eigenvalue weighted by Crippen LogP contribution is -2.02. The molecule has 0 unspecified atom stereocenters. The molecule has 0 heterocycles. The Kier molecular flexibility index (Phi) is 5.58. The van der Waals surface area contributed by atoms with Crippen LogP contribution in [0.4, 0.5) is 5.69 Å². The molecule has 2 aromatic rings. The maximum atomic E-state index is 11.0. The van der Waals surface area contributed by atoms with Gasteiger partial charge in [0.25, 0.3) is 0 Å². The highest BCUT2D eigenvalue weighted by atomic mass is 35.5. The Hall–Kier alpha value is -2.07. The van der Waals surface area contributed by atoms with Gasteiger partial charge in [0.1, 0.15) is 0 Å². The summed E-state index contributed by atoms with van der Waals surface area (Å²) >= 11 is 5.69. The zero-order valence-corrected chi connectivity index (χ0v) is 12.3. The van der Waals surface area contributed by atoms with E-state index < -0.39 is 4.92 Å². The van der Waals surface area contributed by atoms with E-state index in [4.69, 9.17) is 16.3 Å². The third kappa shape index (κ3) is 4.46. The van der Waals surface area contributed by atoms with E-state index in [0.29, 0.717) is 17.9 Å². The van der Waals surface area contributed by atoms with E-state index in [-0.39, 0.29) is 11.6 Å². The van der Waals surface area contributed by atoms with Crippen LogP contribution in [-0.4, -0.2) is 11.5 Å². The van der Waals surface area contributed by atoms with Gasteiger partial charge in [0.2, 0.25) is 0 Å². The molecule has 110 valence electrons. The number of benzene rings is 2. The second-order valence-corrected chi connectivity index (χ2v) is 4.90. The monoisotopic (exact) mass is 305 g/mol. The maximum absolute atomic E-state index is 11.0. The Morgan fingerprint density at radius 1 is 1.10 bits per heavy atom. The van der Waals surface area contributed by atoms with Crippen molar-refractivity contribution in [2.75, 3.05) is 6.61 Å². The molecule has 0 fully saturated rings. The molecule has 0 saturated heterocycles. The second kappa shape index (κ2) is 7.64. The summed E-state index contributed by atoms with van der Waals surface area (Å²) < 4.78 is 5.53. The van der Waals surface area contributed by atoms with E-state index in [2.05, 4.69) is 12.1 Å². The van der Waals surface area contributed by atoms with Gasteiger partial charge in [-0.25, -0.2) is 0 Å². The second-order valence-electron chi connectivity index (χ2n) is 4.63. The van der Waals surface area contributed by atoms with Gasteiger partial charge in [-0.2, -0.15) is 0 Å². The number of aryl methyl sites for hydroxylation is 1. The molecule has 0 aliphatic carbocycles. The molecule has 0 saturated carbocycles. The summed E-state index contributed by atoms with van der Waals surface area (Å²) in [5.74, 6) is 0.539. The molecule has 2 aromatic carbocycles. The van der Waals surface area contributed by atoms with Crippen LogP contribution in [-0.2, 0) is 12.3 Å². The summed E-state index contributed by atoms with van der Waals surface area (Å²) in [4.78, 5) is 10.6. The molecule has 0 bridgehead atoms. The highest BCUT2D eigenvalue weighted by molar-refractivity contribution is 6.17. The van der Waals surface area contributed by atoms with Crippen molar-refractivity contribution in [1.82, 2.24) is 0 Å². The Bertz CT molecular complexity index is 602. The Morgan fingerprint density at radius 2 is 1.86 bits per heavy atom. The molecule has 0 radical (unpaired) electrons. The minimum absolute atomic E-state index is 0.0344. The molecule has 0 spiro atoms. The lowest BCUT2D eigenvalue weighted by molar-refractivity contribution is -0.385. The van der Waals surface area contributed by atoms with Gasteiger partial charge < -0.3 is 4.74 Å². The fourth-order valence-electron chi connectivity index (χ4n) is 2.01. The Morgan fingerprint density at radius 3 is 2.52 bits per heavy atom. The van der Waals surface area contributed by atoms with E-state index in [1.54, 1.807) is 12.1 Å². The molecule has 21 heavy (non-hydrogen) atoms. The standard InChI is InChI=1S/C16H16ClNO3/c17-12-14-8-9-16(15(11-14)18(19)20)21-10-4-7-13-5-2-1-3-6-13/h1-3,5-6,8-9,11H,4,7,10,12H2. The molecule has 4 nitrogen and oxygen atoms in total. The van der Waals surface area contributed by atoms with Gasteiger partial charge >= 0.3 is 5.69 Å². The average molecular weight is 306 g/mol. The fraction of sp³-hybridized carbons (Fsp3) is 0.250. The number of ether oxygens (including phenoxy) is 1. The van der Waals surface area contributed by atoms with E-state index in [0.717, 1.165) is 12.8 Å². The number of rotatable bonds is 7. The minimum Gasteiger partial charge on any atom is -0.487 e. The summed E-state index contributed by atoms with van der Waals surface area (Å²) in [6.45, 7) is 0.440. The van der Waals surface area contributed by atoms with E-state index in [9.17, 15) is 10.1 Å². The summed E-state index contributed by atoms with van der Waals surface area (Å²) in [5, 5.41) is 11.0. The van der Waals surface area contributed by atoms with Crippen LogP contribution < -0.4 is 4.74 Å². The first-order chi connectivity index (χ1) is 10.2. The molecule has 5 heteroatoms. The number of nitrogens with zero attached hydrogens (tertiary/aromatic N) is 1. The Labute approximate surface area is 128 Å². The number of alkyl halides is 1. The van der Waals surface area contributed by atoms with Crippen LogP contribution in [0.15, 0.2) is 48.5 Å². The predicted molar refractivity (Wildman–Crippen MR) is 82.9 cm³/mol. The van der Waals surface area contributed by atoms with Crippen LogP contribution in [0.3, 0.4) is 0 Å². The molecular formula is C16H16ClNO3. The summed E-state index contributed by atoms with van der Waals surface area (Å²) in [7, 11) is 0. The molecule has 0 N–H and O–H groups in total. The van der Waals surface area contributed by atoms with Crippen molar-refractivity contribution >= 4 is 17.3 Å². The van der Waals surface area contributed by atoms with Crippen LogP contribution in [0.5, 0.6) is 5.75 Å². The normalized spacial score (nSPS) is 10.3. The lowest BCUT2D eigenvalue weighted by atomic mass is 10.1. The van der Waals surface area contributed by atoms with Gasteiger partial charge in [0.05, 0.1) is 11.5 Å². The Balaban J connectivity index is 1.92. The minimum atomic E-state index is -0.442. The molecule has 0 aliphatic heterocycles. The van der Waals surface area contributed by atoms with Crippen molar-refractivity contribution in [3.05, 3.63) is 69.8 Å². The number of hydrogen-bond donors (Lipinski definition) is 0. The van der Waals surface area contributed by atoms with Crippen molar-refractivity contribution in [3.63, 3.8) is 0 Å². The van der Waals surface area contributed by atoms with E-state index >= 15 is 0 Å². The number of nitro benzene ring substituents is 1. The van der Waals surface area contributed by atoms with E-state index in [1.807, 2.05) is 18.2 Å². The summed E-state index contributed by atoms with van der Waals surface area (Å²) in [6.07, 6.45) is 1.69. The molecule has 2 rings (SSSR count). The van der Waals surface area contributed by atoms with Crippen molar-refractivity contribution in [3.8, 4) is 5.75 Å². The zero-order valence-electron chi connectivity index (χ0n) is 11.5. The number of nitro groups is 1. The third-order valence-corrected chi connectivity index (χ3v) is 3.39. The highest BCUT2D eigenvalue weighted by Gasteiger charge is 2.15. The van der Waals surface area contributed by atoms with Crippen molar-refractivity contribution in [2.45, 2.75) is 18.7 Å². The highest BCUT2D eigenvalue weighted by Crippen LogP contribution is 2.28. The number of halogens is 1. The molecular weight excluding hydrogens is 290 g/mol. The first-order valence-electron chi connectivity index (χ1n) is 6.70. The van der Waals surface area contributed by atoms with Crippen LogP contribution in [0.25, 0.3) is 0 Å². The van der Waals surface area contributed by atoms with Gasteiger partial charge in [-0.1, -0.05) is 36.4 Å². The van der Waals surface area contributed by atoms with Crippen molar-refractivity contribution in [1.29, 1.82) is 0 Å². The topological polar surface area (TPSA) is 52.4 Å². The van der Waals surface area contributed by atoms with Gasteiger partial charge in [-0.15, -0.1) is 11.6 Å². The zero-order chi connectivity index (χ0) is 15.1. The molecule has 0 aliphatic rings. The van der Waals surface area contributed by atoms with Gasteiger partial charge in [0, 0.05) is 11.9 Å². The number of hydrogen-bond acceptors (Lipinski definition) is 3. The maximum Gasteiger partial charge on any atom is 0.311 e. The SMILES string of the molecule is O=[N+]([O-])c1cc(CCl)ccc1OCCCc1ccccc1. The van der Waals surface area contributed by atoms with Crippen LogP contribution >= 0.6 is 11.6 Å². The summed E-state index contributed by atoms with van der Waals surface area (Å²) in [6, 6.07) is 14.9. The first-order valence-corrected chi connectivity index (χ1v) is 7.24. The van der Waals surface area contributed by atoms with Gasteiger partial charge in [-0.3, -0.25) is 10.1 Å². The molecule has 0 aromatic heterocycles. The smallest absolute Gasteiger partial charge is 0.311 e.